The van der Waals surface area contributed by atoms with Crippen LogP contribution >= 0.6 is 11.3 Å². The second kappa shape index (κ2) is 6.72. The summed E-state index contributed by atoms with van der Waals surface area (Å²) in [6.07, 6.45) is 7.03. The third kappa shape index (κ3) is 3.16. The Labute approximate surface area is 116 Å². The third-order valence-corrected chi connectivity index (χ3v) is 5.43. The summed E-state index contributed by atoms with van der Waals surface area (Å²) in [6, 6.07) is 2.38. The summed E-state index contributed by atoms with van der Waals surface area (Å²) in [6.45, 7) is 5.79. The van der Waals surface area contributed by atoms with E-state index in [2.05, 4.69) is 37.7 Å². The lowest BCUT2D eigenvalue weighted by molar-refractivity contribution is 0.223. The van der Waals surface area contributed by atoms with E-state index in [1.807, 2.05) is 11.3 Å². The minimum atomic E-state index is 0.800. The van der Waals surface area contributed by atoms with E-state index in [0.717, 1.165) is 17.8 Å². The zero-order chi connectivity index (χ0) is 13.0. The number of thiophene rings is 1. The van der Waals surface area contributed by atoms with Crippen molar-refractivity contribution in [3.05, 3.63) is 21.9 Å². The van der Waals surface area contributed by atoms with E-state index >= 15 is 0 Å². The van der Waals surface area contributed by atoms with Crippen LogP contribution in [0, 0.1) is 18.8 Å². The molecule has 1 nitrogen and oxygen atoms in total. The zero-order valence-electron chi connectivity index (χ0n) is 12.0. The van der Waals surface area contributed by atoms with Crippen molar-refractivity contribution < 1.29 is 0 Å². The second-order valence-corrected chi connectivity index (χ2v) is 6.94. The first-order chi connectivity index (χ1) is 8.76. The summed E-state index contributed by atoms with van der Waals surface area (Å²) in [4.78, 5) is 1.54. The van der Waals surface area contributed by atoms with Gasteiger partial charge in [-0.2, -0.15) is 0 Å². The predicted molar refractivity (Wildman–Crippen MR) is 81.5 cm³/mol. The highest BCUT2D eigenvalue weighted by atomic mass is 32.1. The Hall–Kier alpha value is -0.340. The van der Waals surface area contributed by atoms with E-state index in [0.29, 0.717) is 0 Å². The molecule has 3 atom stereocenters. The molecule has 0 amide bonds. The maximum Gasteiger partial charge on any atom is 0.00491 e. The van der Waals surface area contributed by atoms with Gasteiger partial charge in [0.05, 0.1) is 0 Å². The van der Waals surface area contributed by atoms with Crippen LogP contribution in [0.5, 0.6) is 0 Å². The molecule has 1 N–H and O–H groups in total. The highest BCUT2D eigenvalue weighted by Crippen LogP contribution is 2.43. The second-order valence-electron chi connectivity index (χ2n) is 5.82. The molecule has 18 heavy (non-hydrogen) atoms. The van der Waals surface area contributed by atoms with E-state index in [4.69, 9.17) is 0 Å². The van der Waals surface area contributed by atoms with E-state index in [9.17, 15) is 0 Å². The maximum absolute atomic E-state index is 3.40. The van der Waals surface area contributed by atoms with Crippen LogP contribution in [0.25, 0.3) is 0 Å². The highest BCUT2D eigenvalue weighted by molar-refractivity contribution is 7.10. The molecule has 1 aromatic heterocycles. The van der Waals surface area contributed by atoms with Crippen LogP contribution in [0.3, 0.4) is 0 Å². The molecular weight excluding hydrogens is 238 g/mol. The quantitative estimate of drug-likeness (QED) is 0.822. The van der Waals surface area contributed by atoms with Crippen LogP contribution < -0.4 is 5.32 Å². The average Bonchev–Trinajstić information content (AvgIpc) is 2.78. The SMILES string of the molecule is CCCC1CCC(CNC)C(c2ccsc2C)C1. The Bertz CT molecular complexity index is 358. The van der Waals surface area contributed by atoms with Crippen molar-refractivity contribution in [1.29, 1.82) is 0 Å². The Morgan fingerprint density at radius 3 is 2.83 bits per heavy atom. The van der Waals surface area contributed by atoms with Gasteiger partial charge in [-0.05, 0) is 68.1 Å². The number of aryl methyl sites for hydroxylation is 1. The molecule has 3 unspecified atom stereocenters. The van der Waals surface area contributed by atoms with Crippen LogP contribution in [0.15, 0.2) is 11.4 Å². The fraction of sp³-hybridized carbons (Fsp3) is 0.750. The Morgan fingerprint density at radius 2 is 2.22 bits per heavy atom. The average molecular weight is 265 g/mol. The smallest absolute Gasteiger partial charge is 0.00491 e. The molecule has 1 aliphatic rings. The first-order valence-electron chi connectivity index (χ1n) is 7.44. The molecule has 1 heterocycles. The van der Waals surface area contributed by atoms with Gasteiger partial charge in [-0.1, -0.05) is 26.2 Å². The van der Waals surface area contributed by atoms with Gasteiger partial charge in [0.2, 0.25) is 0 Å². The van der Waals surface area contributed by atoms with Gasteiger partial charge in [-0.3, -0.25) is 0 Å². The summed E-state index contributed by atoms with van der Waals surface area (Å²) in [5.41, 5.74) is 1.64. The van der Waals surface area contributed by atoms with Crippen molar-refractivity contribution >= 4 is 11.3 Å². The molecule has 0 spiro atoms. The van der Waals surface area contributed by atoms with Crippen LogP contribution in [0.4, 0.5) is 0 Å². The van der Waals surface area contributed by atoms with Crippen LogP contribution in [-0.4, -0.2) is 13.6 Å². The van der Waals surface area contributed by atoms with Gasteiger partial charge in [0.1, 0.15) is 0 Å². The third-order valence-electron chi connectivity index (χ3n) is 4.56. The van der Waals surface area contributed by atoms with Gasteiger partial charge in [0, 0.05) is 4.88 Å². The van der Waals surface area contributed by atoms with Crippen molar-refractivity contribution in [1.82, 2.24) is 5.32 Å². The zero-order valence-corrected chi connectivity index (χ0v) is 12.9. The summed E-state index contributed by atoms with van der Waals surface area (Å²) in [7, 11) is 2.09. The Balaban J connectivity index is 2.12. The molecule has 1 aromatic rings. The van der Waals surface area contributed by atoms with Gasteiger partial charge in [-0.25, -0.2) is 0 Å². The fourth-order valence-electron chi connectivity index (χ4n) is 3.66. The molecule has 1 aliphatic carbocycles. The van der Waals surface area contributed by atoms with Crippen LogP contribution in [0.2, 0.25) is 0 Å². The van der Waals surface area contributed by atoms with Gasteiger partial charge < -0.3 is 5.32 Å². The van der Waals surface area contributed by atoms with E-state index in [1.54, 1.807) is 10.4 Å². The molecule has 0 saturated heterocycles. The van der Waals surface area contributed by atoms with Crippen molar-refractivity contribution in [3.63, 3.8) is 0 Å². The molecule has 1 fully saturated rings. The molecule has 0 aliphatic heterocycles. The Kier molecular flexibility index (Phi) is 5.25. The monoisotopic (exact) mass is 265 g/mol. The normalized spacial score (nSPS) is 28.5. The minimum absolute atomic E-state index is 0.800. The molecule has 0 radical (unpaired) electrons. The summed E-state index contributed by atoms with van der Waals surface area (Å²) >= 11 is 1.91. The number of hydrogen-bond acceptors (Lipinski definition) is 2. The molecule has 1 saturated carbocycles. The Morgan fingerprint density at radius 1 is 1.39 bits per heavy atom. The predicted octanol–water partition coefficient (Wildman–Crippen LogP) is 4.58. The molecule has 2 rings (SSSR count). The maximum atomic E-state index is 3.40. The van der Waals surface area contributed by atoms with Crippen LogP contribution in [-0.2, 0) is 0 Å². The van der Waals surface area contributed by atoms with Crippen molar-refractivity contribution in [2.75, 3.05) is 13.6 Å². The first kappa shape index (κ1) is 14.1. The topological polar surface area (TPSA) is 12.0 Å². The lowest BCUT2D eigenvalue weighted by Gasteiger charge is -2.36. The van der Waals surface area contributed by atoms with Gasteiger partial charge in [0.15, 0.2) is 0 Å². The van der Waals surface area contributed by atoms with Crippen LogP contribution in [0.1, 0.15) is 55.4 Å². The standard InChI is InChI=1S/C16H27NS/c1-4-5-13-6-7-14(11-17-3)16(10-13)15-8-9-18-12(15)2/h8-9,13-14,16-17H,4-7,10-11H2,1-3H3. The van der Waals surface area contributed by atoms with Crippen molar-refractivity contribution in [2.24, 2.45) is 11.8 Å². The van der Waals surface area contributed by atoms with Crippen molar-refractivity contribution in [3.8, 4) is 0 Å². The van der Waals surface area contributed by atoms with Crippen molar-refractivity contribution in [2.45, 2.75) is 51.9 Å². The first-order valence-corrected chi connectivity index (χ1v) is 8.32. The van der Waals surface area contributed by atoms with E-state index < -0.39 is 0 Å². The highest BCUT2D eigenvalue weighted by Gasteiger charge is 2.31. The summed E-state index contributed by atoms with van der Waals surface area (Å²) in [5.74, 6) is 2.61. The number of hydrogen-bond donors (Lipinski definition) is 1. The summed E-state index contributed by atoms with van der Waals surface area (Å²) < 4.78 is 0. The molecule has 0 aromatic carbocycles. The fourth-order valence-corrected chi connectivity index (χ4v) is 4.43. The lowest BCUT2D eigenvalue weighted by atomic mass is 9.70. The number of rotatable bonds is 5. The van der Waals surface area contributed by atoms with E-state index in [-0.39, 0.29) is 0 Å². The molecule has 2 heteroatoms. The van der Waals surface area contributed by atoms with Gasteiger partial charge >= 0.3 is 0 Å². The number of nitrogens with one attached hydrogen (secondary N) is 1. The summed E-state index contributed by atoms with van der Waals surface area (Å²) in [5, 5.41) is 5.67. The minimum Gasteiger partial charge on any atom is -0.319 e. The largest absolute Gasteiger partial charge is 0.319 e. The van der Waals surface area contributed by atoms with E-state index in [1.165, 1.54) is 38.6 Å². The molecular formula is C16H27NS. The van der Waals surface area contributed by atoms with Gasteiger partial charge in [0.25, 0.3) is 0 Å². The lowest BCUT2D eigenvalue weighted by Crippen LogP contribution is -2.30. The molecule has 0 bridgehead atoms. The molecule has 102 valence electrons. The van der Waals surface area contributed by atoms with Gasteiger partial charge in [-0.15, -0.1) is 11.3 Å².